The van der Waals surface area contributed by atoms with Crippen LogP contribution in [0.2, 0.25) is 0 Å². The second-order valence-corrected chi connectivity index (χ2v) is 9.10. The number of alkyl carbamates (subject to hydrolysis) is 2. The van der Waals surface area contributed by atoms with E-state index in [1.165, 1.54) is 22.2 Å². The maximum absolute atomic E-state index is 12.3. The molecule has 37 heavy (non-hydrogen) atoms. The third-order valence-corrected chi connectivity index (χ3v) is 6.97. The first kappa shape index (κ1) is 24.5. The van der Waals surface area contributed by atoms with Crippen molar-refractivity contribution in [1.82, 2.24) is 19.8 Å². The highest BCUT2D eigenvalue weighted by Gasteiger charge is 2.31. The Bertz CT molecular complexity index is 1450. The van der Waals surface area contributed by atoms with Crippen molar-refractivity contribution in [3.05, 3.63) is 82.7 Å². The minimum absolute atomic E-state index is 0.0707. The van der Waals surface area contributed by atoms with Crippen LogP contribution in [0.15, 0.2) is 54.6 Å². The average molecular weight is 501 g/mol. The number of benzene rings is 2. The van der Waals surface area contributed by atoms with Crippen LogP contribution in [0, 0.1) is 0 Å². The SMILES string of the molecule is CCNC(=O)OCc1c(COC(=O)NCC)c(-c2ccccc2)n2c1Cc1c(n(C)c3ccccc13)C2. The lowest BCUT2D eigenvalue weighted by molar-refractivity contribution is 0.132. The van der Waals surface area contributed by atoms with Gasteiger partial charge in [0, 0.05) is 60.0 Å². The maximum Gasteiger partial charge on any atom is 0.407 e. The van der Waals surface area contributed by atoms with Crippen molar-refractivity contribution in [2.24, 2.45) is 7.05 Å². The Hall–Kier alpha value is -4.20. The molecular weight excluding hydrogens is 468 g/mol. The first-order valence-electron chi connectivity index (χ1n) is 12.7. The van der Waals surface area contributed by atoms with Gasteiger partial charge in [0.1, 0.15) is 13.2 Å². The molecule has 2 N–H and O–H groups in total. The lowest BCUT2D eigenvalue weighted by Gasteiger charge is -2.22. The molecule has 0 unspecified atom stereocenters. The zero-order valence-corrected chi connectivity index (χ0v) is 21.5. The summed E-state index contributed by atoms with van der Waals surface area (Å²) in [5.41, 5.74) is 8.52. The molecule has 4 aromatic rings. The molecule has 1 aliphatic heterocycles. The van der Waals surface area contributed by atoms with Crippen LogP contribution in [0.25, 0.3) is 22.2 Å². The summed E-state index contributed by atoms with van der Waals surface area (Å²) in [4.78, 5) is 24.5. The second-order valence-electron chi connectivity index (χ2n) is 9.10. The number of ether oxygens (including phenoxy) is 2. The summed E-state index contributed by atoms with van der Waals surface area (Å²) >= 11 is 0. The summed E-state index contributed by atoms with van der Waals surface area (Å²) in [6.45, 7) is 5.48. The fourth-order valence-electron chi connectivity index (χ4n) is 5.31. The molecule has 0 aliphatic carbocycles. The molecule has 8 heteroatoms. The van der Waals surface area contributed by atoms with Gasteiger partial charge >= 0.3 is 12.2 Å². The smallest absolute Gasteiger partial charge is 0.407 e. The van der Waals surface area contributed by atoms with Gasteiger partial charge in [-0.2, -0.15) is 0 Å². The van der Waals surface area contributed by atoms with Crippen LogP contribution in [0.1, 0.15) is 41.9 Å². The summed E-state index contributed by atoms with van der Waals surface area (Å²) in [5.74, 6) is 0. The maximum atomic E-state index is 12.3. The fourth-order valence-corrected chi connectivity index (χ4v) is 5.31. The summed E-state index contributed by atoms with van der Waals surface area (Å²) in [7, 11) is 2.11. The summed E-state index contributed by atoms with van der Waals surface area (Å²) in [5, 5.41) is 6.62. The number of nitrogens with one attached hydrogen (secondary N) is 2. The van der Waals surface area contributed by atoms with Gasteiger partial charge in [-0.3, -0.25) is 0 Å². The van der Waals surface area contributed by atoms with Gasteiger partial charge in [-0.15, -0.1) is 0 Å². The van der Waals surface area contributed by atoms with Gasteiger partial charge in [-0.25, -0.2) is 9.59 Å². The van der Waals surface area contributed by atoms with Crippen molar-refractivity contribution in [2.45, 2.75) is 40.0 Å². The third kappa shape index (κ3) is 4.55. The van der Waals surface area contributed by atoms with E-state index >= 15 is 0 Å². The molecule has 2 aromatic heterocycles. The fraction of sp³-hybridized carbons (Fsp3) is 0.310. The molecule has 3 heterocycles. The van der Waals surface area contributed by atoms with Crippen LogP contribution in [0.3, 0.4) is 0 Å². The van der Waals surface area contributed by atoms with E-state index in [1.54, 1.807) is 0 Å². The summed E-state index contributed by atoms with van der Waals surface area (Å²) in [6, 6.07) is 18.5. The minimum Gasteiger partial charge on any atom is -0.445 e. The van der Waals surface area contributed by atoms with Crippen molar-refractivity contribution < 1.29 is 19.1 Å². The third-order valence-electron chi connectivity index (χ3n) is 6.97. The number of aryl methyl sites for hydroxylation is 1. The summed E-state index contributed by atoms with van der Waals surface area (Å²) in [6.07, 6.45) is -0.261. The summed E-state index contributed by atoms with van der Waals surface area (Å²) < 4.78 is 15.8. The zero-order valence-electron chi connectivity index (χ0n) is 21.5. The molecule has 0 fully saturated rings. The van der Waals surface area contributed by atoms with Crippen LogP contribution in [-0.4, -0.2) is 34.4 Å². The number of amides is 2. The predicted molar refractivity (Wildman–Crippen MR) is 142 cm³/mol. The molecule has 0 atom stereocenters. The van der Waals surface area contributed by atoms with Crippen LogP contribution < -0.4 is 10.6 Å². The zero-order chi connectivity index (χ0) is 25.9. The molecule has 2 aromatic carbocycles. The van der Waals surface area contributed by atoms with Gasteiger partial charge in [0.05, 0.1) is 12.2 Å². The van der Waals surface area contributed by atoms with Crippen molar-refractivity contribution >= 4 is 23.1 Å². The van der Waals surface area contributed by atoms with Gasteiger partial charge < -0.3 is 29.2 Å². The number of carbonyl (C=O) groups excluding carboxylic acids is 2. The monoisotopic (exact) mass is 500 g/mol. The van der Waals surface area contributed by atoms with Gasteiger partial charge in [0.2, 0.25) is 0 Å². The second kappa shape index (κ2) is 10.4. The number of fused-ring (bicyclic) bond motifs is 4. The minimum atomic E-state index is -0.476. The Morgan fingerprint density at radius 2 is 1.46 bits per heavy atom. The standard InChI is InChI=1S/C29H32N4O4/c1-4-30-28(34)36-17-22-23(18-37-29(35)31-5-2)27(19-11-7-6-8-12-19)33-16-26-21(15-25(22)33)20-13-9-10-14-24(20)32(26)3/h6-14H,4-5,15-18H2,1-3H3,(H,30,34)(H,31,35). The Morgan fingerprint density at radius 3 is 2.14 bits per heavy atom. The first-order valence-corrected chi connectivity index (χ1v) is 12.7. The van der Waals surface area contributed by atoms with Gasteiger partial charge in [0.15, 0.2) is 0 Å². The van der Waals surface area contributed by atoms with Crippen molar-refractivity contribution in [2.75, 3.05) is 13.1 Å². The van der Waals surface area contributed by atoms with Crippen molar-refractivity contribution in [3.63, 3.8) is 0 Å². The number of hydrogen-bond donors (Lipinski definition) is 2. The Morgan fingerprint density at radius 1 is 0.838 bits per heavy atom. The van der Waals surface area contributed by atoms with E-state index in [2.05, 4.69) is 63.2 Å². The molecule has 8 nitrogen and oxygen atoms in total. The molecular formula is C29H32N4O4. The average Bonchev–Trinajstić information content (AvgIpc) is 3.37. The van der Waals surface area contributed by atoms with E-state index in [9.17, 15) is 9.59 Å². The van der Waals surface area contributed by atoms with Crippen molar-refractivity contribution in [1.29, 1.82) is 0 Å². The van der Waals surface area contributed by atoms with Gasteiger partial charge in [-0.1, -0.05) is 48.5 Å². The molecule has 2 amide bonds. The number of hydrogen-bond acceptors (Lipinski definition) is 4. The quantitative estimate of drug-likeness (QED) is 0.326. The van der Waals surface area contributed by atoms with E-state index in [0.717, 1.165) is 28.1 Å². The highest BCUT2D eigenvalue weighted by atomic mass is 16.6. The number of carbonyl (C=O) groups is 2. The van der Waals surface area contributed by atoms with Crippen LogP contribution in [0.5, 0.6) is 0 Å². The van der Waals surface area contributed by atoms with E-state index in [-0.39, 0.29) is 13.2 Å². The molecule has 192 valence electrons. The van der Waals surface area contributed by atoms with Crippen LogP contribution >= 0.6 is 0 Å². The van der Waals surface area contributed by atoms with E-state index in [0.29, 0.717) is 26.1 Å². The molecule has 0 saturated carbocycles. The molecule has 0 saturated heterocycles. The molecule has 1 aliphatic rings. The first-order chi connectivity index (χ1) is 18.0. The lowest BCUT2D eigenvalue weighted by atomic mass is 9.99. The van der Waals surface area contributed by atoms with Crippen LogP contribution in [0.4, 0.5) is 9.59 Å². The molecule has 0 radical (unpaired) electrons. The predicted octanol–water partition coefficient (Wildman–Crippen LogP) is 5.09. The number of para-hydroxylation sites is 1. The Kier molecular flexibility index (Phi) is 6.90. The largest absolute Gasteiger partial charge is 0.445 e. The molecule has 5 rings (SSSR count). The Balaban J connectivity index is 1.66. The highest BCUT2D eigenvalue weighted by Crippen LogP contribution is 2.40. The number of nitrogens with zero attached hydrogens (tertiary/aromatic N) is 2. The van der Waals surface area contributed by atoms with Crippen LogP contribution in [-0.2, 0) is 42.7 Å². The lowest BCUT2D eigenvalue weighted by Crippen LogP contribution is -2.24. The highest BCUT2D eigenvalue weighted by molar-refractivity contribution is 5.86. The van der Waals surface area contributed by atoms with Gasteiger partial charge in [0.25, 0.3) is 0 Å². The van der Waals surface area contributed by atoms with E-state index in [4.69, 9.17) is 9.47 Å². The molecule has 0 bridgehead atoms. The van der Waals surface area contributed by atoms with Gasteiger partial charge in [-0.05, 0) is 31.0 Å². The van der Waals surface area contributed by atoms with Crippen molar-refractivity contribution in [3.8, 4) is 11.3 Å². The number of rotatable bonds is 7. The van der Waals surface area contributed by atoms with E-state index in [1.807, 2.05) is 32.0 Å². The molecule has 0 spiro atoms. The normalized spacial score (nSPS) is 12.1. The van der Waals surface area contributed by atoms with E-state index < -0.39 is 12.2 Å². The number of aromatic nitrogens is 2. The topological polar surface area (TPSA) is 86.5 Å². The Labute approximate surface area is 216 Å².